The van der Waals surface area contributed by atoms with Crippen molar-refractivity contribution in [2.45, 2.75) is 13.1 Å². The second-order valence-corrected chi connectivity index (χ2v) is 3.95. The van der Waals surface area contributed by atoms with Crippen molar-refractivity contribution in [2.75, 3.05) is 5.32 Å². The minimum Gasteiger partial charge on any atom is -0.420 e. The number of oxazole rings is 1. The molecule has 0 unspecified atom stereocenters. The molecule has 106 valence electrons. The molecule has 0 spiro atoms. The highest BCUT2D eigenvalue weighted by Crippen LogP contribution is 2.25. The molecule has 4 nitrogen and oxygen atoms in total. The third kappa shape index (κ3) is 2.95. The highest BCUT2D eigenvalue weighted by atomic mass is 19.4. The van der Waals surface area contributed by atoms with Gasteiger partial charge in [-0.2, -0.15) is 13.2 Å². The number of carbonyl (C=O) groups is 1. The number of carbonyl (C=O) groups excluding carboxylic acids is 1. The predicted octanol–water partition coefficient (Wildman–Crippen LogP) is 3.29. The summed E-state index contributed by atoms with van der Waals surface area (Å²) < 4.78 is 54.4. The molecule has 1 aromatic heterocycles. The van der Waals surface area contributed by atoms with Crippen LogP contribution in [0.25, 0.3) is 11.5 Å². The highest BCUT2D eigenvalue weighted by Gasteiger charge is 2.39. The molecule has 2 rings (SSSR count). The summed E-state index contributed by atoms with van der Waals surface area (Å²) in [6.07, 6.45) is -4.11. The number of hydrogen-bond donors (Lipinski definition) is 1. The largest absolute Gasteiger partial charge is 0.471 e. The number of benzene rings is 1. The second-order valence-electron chi connectivity index (χ2n) is 3.95. The maximum Gasteiger partial charge on any atom is 0.471 e. The number of aromatic nitrogens is 1. The summed E-state index contributed by atoms with van der Waals surface area (Å²) in [6.45, 7) is 1.56. The summed E-state index contributed by atoms with van der Waals surface area (Å²) in [4.78, 5) is 14.4. The van der Waals surface area contributed by atoms with Gasteiger partial charge in [0.15, 0.2) is 0 Å². The molecule has 0 fully saturated rings. The van der Waals surface area contributed by atoms with Crippen LogP contribution in [0.4, 0.5) is 23.4 Å². The summed E-state index contributed by atoms with van der Waals surface area (Å²) >= 11 is 0. The monoisotopic (exact) mass is 288 g/mol. The minimum atomic E-state index is -5.02. The molecule has 2 aromatic rings. The fourth-order valence-corrected chi connectivity index (χ4v) is 1.37. The van der Waals surface area contributed by atoms with Crippen LogP contribution in [-0.4, -0.2) is 17.1 Å². The van der Waals surface area contributed by atoms with Crippen LogP contribution in [0, 0.1) is 12.7 Å². The van der Waals surface area contributed by atoms with Gasteiger partial charge in [-0.15, -0.1) is 0 Å². The highest BCUT2D eigenvalue weighted by molar-refractivity contribution is 5.93. The van der Waals surface area contributed by atoms with Crippen LogP contribution in [-0.2, 0) is 4.79 Å². The molecule has 0 bridgehead atoms. The second kappa shape index (κ2) is 4.95. The molecule has 0 radical (unpaired) electrons. The van der Waals surface area contributed by atoms with E-state index in [1.165, 1.54) is 17.4 Å². The zero-order valence-corrected chi connectivity index (χ0v) is 10.1. The lowest BCUT2D eigenvalue weighted by molar-refractivity contribution is -0.167. The molecule has 1 aromatic carbocycles. The number of aryl methyl sites for hydroxylation is 1. The summed E-state index contributed by atoms with van der Waals surface area (Å²) in [5.41, 5.74) is 0.659. The van der Waals surface area contributed by atoms with Crippen molar-refractivity contribution in [1.82, 2.24) is 4.98 Å². The summed E-state index contributed by atoms with van der Waals surface area (Å²) in [6, 6.07) is 4.11. The van der Waals surface area contributed by atoms with Crippen molar-refractivity contribution in [3.05, 3.63) is 35.8 Å². The van der Waals surface area contributed by atoms with Crippen molar-refractivity contribution in [3.63, 3.8) is 0 Å². The van der Waals surface area contributed by atoms with E-state index in [2.05, 4.69) is 4.98 Å². The molecular formula is C12H8F4N2O2. The summed E-state index contributed by atoms with van der Waals surface area (Å²) in [7, 11) is 0. The van der Waals surface area contributed by atoms with Crippen molar-refractivity contribution in [1.29, 1.82) is 0 Å². The molecule has 1 heterocycles. The van der Waals surface area contributed by atoms with Gasteiger partial charge in [0.1, 0.15) is 5.82 Å². The number of rotatable bonds is 2. The van der Waals surface area contributed by atoms with E-state index in [0.29, 0.717) is 5.56 Å². The Labute approximate surface area is 110 Å². The number of nitrogens with one attached hydrogen (secondary N) is 1. The Kier molecular flexibility index (Phi) is 3.47. The SMILES string of the molecule is Cc1ccc(-c2ncc(NC(=O)C(F)(F)F)o2)cc1F. The van der Waals surface area contributed by atoms with Gasteiger partial charge >= 0.3 is 12.1 Å². The maximum atomic E-state index is 13.4. The lowest BCUT2D eigenvalue weighted by Gasteiger charge is -2.04. The van der Waals surface area contributed by atoms with Gasteiger partial charge in [0.2, 0.25) is 11.8 Å². The molecule has 1 N–H and O–H groups in total. The van der Waals surface area contributed by atoms with Crippen molar-refractivity contribution in [3.8, 4) is 11.5 Å². The number of hydrogen-bond acceptors (Lipinski definition) is 3. The van der Waals surface area contributed by atoms with Crippen LogP contribution in [0.3, 0.4) is 0 Å². The van der Waals surface area contributed by atoms with E-state index < -0.39 is 23.8 Å². The summed E-state index contributed by atoms with van der Waals surface area (Å²) in [5.74, 6) is -3.23. The van der Waals surface area contributed by atoms with E-state index >= 15 is 0 Å². The van der Waals surface area contributed by atoms with E-state index in [4.69, 9.17) is 4.42 Å². The van der Waals surface area contributed by atoms with E-state index in [1.54, 1.807) is 6.92 Å². The first kappa shape index (κ1) is 14.0. The Morgan fingerprint density at radius 1 is 1.35 bits per heavy atom. The number of anilines is 1. The predicted molar refractivity (Wildman–Crippen MR) is 61.3 cm³/mol. The van der Waals surface area contributed by atoms with Crippen LogP contribution >= 0.6 is 0 Å². The standard InChI is InChI=1S/C12H8F4N2O2/c1-6-2-3-7(4-8(6)13)10-17-5-9(20-10)18-11(19)12(14,15)16/h2-5H,1H3,(H,18,19). The maximum absolute atomic E-state index is 13.4. The van der Waals surface area contributed by atoms with E-state index in [9.17, 15) is 22.4 Å². The van der Waals surface area contributed by atoms with Crippen LogP contribution in [0.1, 0.15) is 5.56 Å². The molecule has 0 saturated carbocycles. The Bertz CT molecular complexity index is 649. The van der Waals surface area contributed by atoms with Gasteiger partial charge in [-0.1, -0.05) is 6.07 Å². The Hall–Kier alpha value is -2.38. The Balaban J connectivity index is 2.21. The Morgan fingerprint density at radius 3 is 2.65 bits per heavy atom. The van der Waals surface area contributed by atoms with Crippen molar-refractivity contribution in [2.24, 2.45) is 0 Å². The average Bonchev–Trinajstić information content (AvgIpc) is 2.80. The van der Waals surface area contributed by atoms with Crippen LogP contribution in [0.15, 0.2) is 28.8 Å². The van der Waals surface area contributed by atoms with Gasteiger partial charge < -0.3 is 4.42 Å². The number of alkyl halides is 3. The average molecular weight is 288 g/mol. The van der Waals surface area contributed by atoms with Crippen LogP contribution in [0.2, 0.25) is 0 Å². The van der Waals surface area contributed by atoms with Gasteiger partial charge in [0.25, 0.3) is 0 Å². The molecule has 0 aliphatic carbocycles. The molecule has 0 aliphatic rings. The first-order valence-electron chi connectivity index (χ1n) is 5.38. The lowest BCUT2D eigenvalue weighted by atomic mass is 10.1. The van der Waals surface area contributed by atoms with E-state index in [1.807, 2.05) is 0 Å². The van der Waals surface area contributed by atoms with Crippen LogP contribution < -0.4 is 5.32 Å². The number of amides is 1. The van der Waals surface area contributed by atoms with E-state index in [-0.39, 0.29) is 11.5 Å². The molecule has 0 saturated heterocycles. The minimum absolute atomic E-state index is 0.0959. The molecular weight excluding hydrogens is 280 g/mol. The first-order chi connectivity index (χ1) is 9.27. The molecule has 0 aliphatic heterocycles. The first-order valence-corrected chi connectivity index (χ1v) is 5.38. The number of halogens is 4. The van der Waals surface area contributed by atoms with Gasteiger partial charge in [-0.3, -0.25) is 10.1 Å². The Morgan fingerprint density at radius 2 is 2.05 bits per heavy atom. The van der Waals surface area contributed by atoms with Gasteiger partial charge in [0.05, 0.1) is 6.20 Å². The quantitative estimate of drug-likeness (QED) is 0.863. The van der Waals surface area contributed by atoms with Crippen LogP contribution in [0.5, 0.6) is 0 Å². The van der Waals surface area contributed by atoms with Gasteiger partial charge in [0, 0.05) is 5.56 Å². The van der Waals surface area contributed by atoms with Gasteiger partial charge in [-0.05, 0) is 24.6 Å². The van der Waals surface area contributed by atoms with Gasteiger partial charge in [-0.25, -0.2) is 9.37 Å². The fourth-order valence-electron chi connectivity index (χ4n) is 1.37. The summed E-state index contributed by atoms with van der Waals surface area (Å²) in [5, 5.41) is 1.51. The molecule has 8 heteroatoms. The lowest BCUT2D eigenvalue weighted by Crippen LogP contribution is -2.29. The topological polar surface area (TPSA) is 55.1 Å². The zero-order valence-electron chi connectivity index (χ0n) is 10.1. The smallest absolute Gasteiger partial charge is 0.420 e. The van der Waals surface area contributed by atoms with Crippen molar-refractivity contribution >= 4 is 11.8 Å². The third-order valence-corrected chi connectivity index (χ3v) is 2.42. The molecule has 1 amide bonds. The van der Waals surface area contributed by atoms with E-state index in [0.717, 1.165) is 12.3 Å². The zero-order chi connectivity index (χ0) is 14.9. The number of nitrogens with zero attached hydrogens (tertiary/aromatic N) is 1. The van der Waals surface area contributed by atoms with Crippen molar-refractivity contribution < 1.29 is 26.8 Å². The molecule has 20 heavy (non-hydrogen) atoms. The fraction of sp³-hybridized carbons (Fsp3) is 0.167. The normalized spacial score (nSPS) is 11.4. The molecule has 0 atom stereocenters. The third-order valence-electron chi connectivity index (χ3n) is 2.42.